The Morgan fingerprint density at radius 3 is 1.95 bits per heavy atom. The number of phenolic OH excluding ortho intramolecular Hbond substituents is 1. The molecule has 2 atom stereocenters. The van der Waals surface area contributed by atoms with E-state index in [9.17, 15) is 19.5 Å². The molecule has 5 rings (SSSR count). The zero-order valence-corrected chi connectivity index (χ0v) is 26.2. The number of aromatic hydroxyl groups is 1. The van der Waals surface area contributed by atoms with E-state index in [1.54, 1.807) is 18.2 Å². The molecule has 0 amide bonds. The van der Waals surface area contributed by atoms with Crippen molar-refractivity contribution in [2.45, 2.75) is 70.9 Å². The fraction of sp³-hybridized carbons (Fsp3) is 0.353. The molecule has 0 fully saturated rings. The van der Waals surface area contributed by atoms with Gasteiger partial charge >= 0.3 is 5.97 Å². The van der Waals surface area contributed by atoms with Gasteiger partial charge in [-0.05, 0) is 53.7 Å². The Labute approximate surface area is 255 Å². The molecule has 0 saturated heterocycles. The number of hydrogen-bond donors (Lipinski definition) is 1. The van der Waals surface area contributed by atoms with E-state index in [1.807, 2.05) is 72.8 Å². The van der Waals surface area contributed by atoms with Crippen LogP contribution in [0.2, 0.25) is 10.0 Å². The van der Waals surface area contributed by atoms with Crippen LogP contribution in [0.1, 0.15) is 85.9 Å². The third kappa shape index (κ3) is 4.95. The maximum atomic E-state index is 13.4. The van der Waals surface area contributed by atoms with Gasteiger partial charge in [0, 0.05) is 28.3 Å². The lowest BCUT2D eigenvalue weighted by molar-refractivity contribution is 0.0127. The second-order valence-electron chi connectivity index (χ2n) is 13.3. The number of carbonyl (C=O) groups is 2. The number of nitrogens with zero attached hydrogens (tertiary/aromatic N) is 1. The van der Waals surface area contributed by atoms with E-state index in [4.69, 9.17) is 32.9 Å². The Morgan fingerprint density at radius 1 is 0.929 bits per heavy atom. The fourth-order valence-electron chi connectivity index (χ4n) is 5.72. The summed E-state index contributed by atoms with van der Waals surface area (Å²) in [6, 6.07) is 6.41. The van der Waals surface area contributed by atoms with Crippen LogP contribution in [-0.4, -0.2) is 49.5 Å². The molecule has 2 aromatic rings. The average Bonchev–Trinajstić information content (AvgIpc) is 3.11. The van der Waals surface area contributed by atoms with Crippen molar-refractivity contribution < 1.29 is 24.2 Å². The highest BCUT2D eigenvalue weighted by molar-refractivity contribution is 6.44. The first-order valence-corrected chi connectivity index (χ1v) is 14.6. The Hall–Kier alpha value is -3.48. The molecule has 2 aliphatic carbocycles. The molecular weight excluding hydrogens is 573 g/mol. The molecule has 2 aromatic carbocycles. The number of aliphatic imine (C=N–C) groups is 1. The van der Waals surface area contributed by atoms with E-state index in [-0.39, 0.29) is 55.3 Å². The zero-order valence-electron chi connectivity index (χ0n) is 24.7. The summed E-state index contributed by atoms with van der Waals surface area (Å²) in [4.78, 5) is 43.1. The number of fused-ring (bicyclic) bond motifs is 2. The summed E-state index contributed by atoms with van der Waals surface area (Å²) in [5.74, 6) is -1.86. The SMILES string of the molecule is CC(C)(C)c1cc(C(=[OH+])[OH+]C2C=CC=C3C=CC(C4C(=O)c5cc(Cl)c(Cl)cc5C4=O)=NC32C)cc(C(C)(C)C)c1O. The van der Waals surface area contributed by atoms with Gasteiger partial charge in [-0.3, -0.25) is 14.6 Å². The molecule has 1 aliphatic heterocycles. The van der Waals surface area contributed by atoms with Crippen molar-refractivity contribution in [1.82, 2.24) is 0 Å². The van der Waals surface area contributed by atoms with Crippen molar-refractivity contribution in [3.63, 3.8) is 0 Å². The zero-order chi connectivity index (χ0) is 30.9. The predicted octanol–water partition coefficient (Wildman–Crippen LogP) is 7.00. The third-order valence-electron chi connectivity index (χ3n) is 8.18. The number of Topliss-reactive ketones (excluding diaryl/α,β-unsaturated/α-hetero) is 2. The van der Waals surface area contributed by atoms with E-state index in [0.717, 1.165) is 5.57 Å². The van der Waals surface area contributed by atoms with Crippen molar-refractivity contribution in [1.29, 1.82) is 0 Å². The van der Waals surface area contributed by atoms with Crippen LogP contribution in [0, 0.1) is 5.92 Å². The number of aromatic carboxylic acids is 1. The van der Waals surface area contributed by atoms with Crippen LogP contribution in [0.5, 0.6) is 5.75 Å². The number of rotatable bonds is 3. The number of hydrogen-bond acceptors (Lipinski definition) is 4. The lowest BCUT2D eigenvalue weighted by atomic mass is 9.78. The number of ketones is 2. The summed E-state index contributed by atoms with van der Waals surface area (Å²) < 4.78 is 4.72. The molecule has 3 aliphatic rings. The Balaban J connectivity index is 1.50. The Kier molecular flexibility index (Phi) is 7.19. The normalized spacial score (nSPS) is 22.1. The third-order valence-corrected chi connectivity index (χ3v) is 8.90. The number of carbonyl (C=O) groups excluding carboxylic acids is 2. The van der Waals surface area contributed by atoms with Gasteiger partial charge < -0.3 is 9.84 Å². The van der Waals surface area contributed by atoms with E-state index in [0.29, 0.717) is 22.4 Å². The van der Waals surface area contributed by atoms with Gasteiger partial charge in [0.15, 0.2) is 22.7 Å². The molecule has 0 bridgehead atoms. The maximum Gasteiger partial charge on any atom is 0.658 e. The van der Waals surface area contributed by atoms with E-state index < -0.39 is 17.6 Å². The van der Waals surface area contributed by atoms with Crippen LogP contribution in [0.3, 0.4) is 0 Å². The number of carboxylic acids is 1. The highest BCUT2D eigenvalue weighted by Gasteiger charge is 2.49. The molecule has 218 valence electrons. The molecule has 42 heavy (non-hydrogen) atoms. The van der Waals surface area contributed by atoms with E-state index >= 15 is 0 Å². The molecule has 2 unspecified atom stereocenters. The van der Waals surface area contributed by atoms with Gasteiger partial charge in [-0.2, -0.15) is 4.79 Å². The van der Waals surface area contributed by atoms with Crippen LogP contribution in [0.15, 0.2) is 65.2 Å². The van der Waals surface area contributed by atoms with Crippen LogP contribution < -0.4 is 0 Å². The van der Waals surface area contributed by atoms with Gasteiger partial charge in [0.05, 0.1) is 15.8 Å². The summed E-state index contributed by atoms with van der Waals surface area (Å²) in [5.41, 5.74) is 1.74. The van der Waals surface area contributed by atoms with E-state index in [1.165, 1.54) is 12.1 Å². The molecule has 8 heteroatoms. The minimum absolute atomic E-state index is 0.195. The fourth-order valence-corrected chi connectivity index (χ4v) is 6.05. The van der Waals surface area contributed by atoms with E-state index in [2.05, 4.69) is 0 Å². The number of aliphatic hydroxyl groups is 1. The molecular formula is C34H35Cl2NO5+2. The maximum absolute atomic E-state index is 13.4. The smallest absolute Gasteiger partial charge is 0.507 e. The molecule has 0 saturated carbocycles. The van der Waals surface area contributed by atoms with Crippen LogP contribution in [-0.2, 0) is 10.8 Å². The number of halogens is 2. The van der Waals surface area contributed by atoms with Crippen molar-refractivity contribution in [3.05, 3.63) is 98.1 Å². The van der Waals surface area contributed by atoms with Gasteiger partial charge in [-0.25, -0.2) is 0 Å². The van der Waals surface area contributed by atoms with Crippen molar-refractivity contribution in [2.75, 3.05) is 0 Å². The highest BCUT2D eigenvalue weighted by atomic mass is 35.5. The summed E-state index contributed by atoms with van der Waals surface area (Å²) in [5, 5.41) is 11.5. The summed E-state index contributed by atoms with van der Waals surface area (Å²) in [6.45, 7) is 13.9. The summed E-state index contributed by atoms with van der Waals surface area (Å²) in [7, 11) is 0. The predicted molar refractivity (Wildman–Crippen MR) is 168 cm³/mol. The molecule has 0 aromatic heterocycles. The van der Waals surface area contributed by atoms with Crippen molar-refractivity contribution in [3.8, 4) is 5.75 Å². The number of phenols is 1. The topological polar surface area (TPSA) is 101 Å². The van der Waals surface area contributed by atoms with Crippen LogP contribution in [0.4, 0.5) is 0 Å². The second-order valence-corrected chi connectivity index (χ2v) is 14.1. The number of ether oxygens (including phenoxy) is 1. The minimum Gasteiger partial charge on any atom is -0.507 e. The molecule has 3 N–H and O–H groups in total. The number of allylic oxidation sites excluding steroid dienone is 3. The Morgan fingerprint density at radius 2 is 1.45 bits per heavy atom. The van der Waals surface area contributed by atoms with Crippen LogP contribution >= 0.6 is 23.2 Å². The summed E-state index contributed by atoms with van der Waals surface area (Å²) >= 11 is 12.3. The number of dihydropyridines is 1. The first-order valence-electron chi connectivity index (χ1n) is 13.8. The summed E-state index contributed by atoms with van der Waals surface area (Å²) in [6.07, 6.45) is 8.48. The van der Waals surface area contributed by atoms with Gasteiger partial charge in [0.1, 0.15) is 11.7 Å². The molecule has 0 spiro atoms. The monoisotopic (exact) mass is 607 g/mol. The Bertz CT molecular complexity index is 1610. The number of benzene rings is 2. The minimum atomic E-state index is -1.12. The van der Waals surface area contributed by atoms with Crippen molar-refractivity contribution in [2.24, 2.45) is 10.9 Å². The highest BCUT2D eigenvalue weighted by Crippen LogP contribution is 2.42. The first-order chi connectivity index (χ1) is 19.4. The quantitative estimate of drug-likeness (QED) is 0.231. The lowest BCUT2D eigenvalue weighted by Crippen LogP contribution is -2.47. The molecule has 1 heterocycles. The van der Waals surface area contributed by atoms with Gasteiger partial charge in [0.25, 0.3) is 0 Å². The largest absolute Gasteiger partial charge is 0.658 e. The first kappa shape index (κ1) is 30.0. The van der Waals surface area contributed by atoms with Gasteiger partial charge in [-0.1, -0.05) is 83.0 Å². The second kappa shape index (κ2) is 10.1. The van der Waals surface area contributed by atoms with Gasteiger partial charge in [-0.15, -0.1) is 0 Å². The van der Waals surface area contributed by atoms with Gasteiger partial charge in [0.2, 0.25) is 6.10 Å². The molecule has 6 nitrogen and oxygen atoms in total. The van der Waals surface area contributed by atoms with Crippen LogP contribution in [0.25, 0.3) is 0 Å². The molecule has 0 radical (unpaired) electrons. The standard InChI is InChI=1S/C34H33Cl2NO5/c1-32(2,3)21-13-17(14-22(30(21)40)33(4,5)6)31(41)42-26-10-8-9-18-11-12-25(37-34(18,26)7)27-28(38)19-15-23(35)24(36)16-20(19)29(27)39/h8-16,26-27,40H,1-7H3/p+2. The lowest BCUT2D eigenvalue weighted by Gasteiger charge is -2.35. The van der Waals surface area contributed by atoms with Crippen molar-refractivity contribution >= 4 is 46.4 Å². The average molecular weight is 609 g/mol.